The molecule has 6 saturated carbocycles. The third kappa shape index (κ3) is 32.9. The van der Waals surface area contributed by atoms with E-state index in [1.165, 1.54) is 172 Å². The average Bonchev–Trinajstić information content (AvgIpc) is 4.15. The second kappa shape index (κ2) is 48.0. The summed E-state index contributed by atoms with van der Waals surface area (Å²) < 4.78 is 0. The molecule has 9 heteroatoms. The predicted molar refractivity (Wildman–Crippen MR) is 286 cm³/mol. The summed E-state index contributed by atoms with van der Waals surface area (Å²) >= 11 is 6.21. The molecular formula is C57H92ClFe3Li2P3. The molecule has 0 nitrogen and oxygen atoms in total. The topological polar surface area (TPSA) is 0 Å². The van der Waals surface area contributed by atoms with E-state index in [4.69, 9.17) is 11.2 Å². The van der Waals surface area contributed by atoms with Gasteiger partial charge in [0.05, 0.1) is 0 Å². The van der Waals surface area contributed by atoms with Crippen LogP contribution in [-0.2, 0) is 51.2 Å². The Labute approximate surface area is 475 Å². The standard InChI is InChI=1S/2C14H21P.C9H12ClP.2C5H10.2C5H9.3Fe.2Li/c2*1-12(2)15(14-10-6-7-11-14)13-8-4-3-5-9-13;1-8(2)11(10)9-6-4-3-5-7-9;4*1-2-4-5-3-1;;;;;/h2*3-5,8-9,12,14H,6-7,10-11H2,1-2H3;3-8H,1-2H3;2*1-5H2;2*1H,2-5H2;;;;;/q;;;;;2*-1;;;;2*+1. The molecule has 3 atom stereocenters. The SMILES string of the molecule is C1CCCC1.C1CCCC1.CC(C)P(Cl)c1ccccc1.CC(C)P(c1ccccc1)C1CCCC1.CC(C)P(c1ccccc1)C1CCCC1.[CH-]1CCCC1.[CH-]1CCCC1.[Fe].[Fe].[Fe].[Li+].[Li+]. The maximum atomic E-state index is 6.21. The Morgan fingerprint density at radius 3 is 0.803 bits per heavy atom. The second-order valence-electron chi connectivity index (χ2n) is 19.0. The van der Waals surface area contributed by atoms with Crippen LogP contribution in [0.15, 0.2) is 91.0 Å². The maximum Gasteiger partial charge on any atom is 1.00 e. The first kappa shape index (κ1) is 72.2. The van der Waals surface area contributed by atoms with Gasteiger partial charge >= 0.3 is 37.7 Å². The summed E-state index contributed by atoms with van der Waals surface area (Å²) in [6.07, 6.45) is 42.7. The van der Waals surface area contributed by atoms with Crippen LogP contribution in [0.1, 0.15) is 208 Å². The van der Waals surface area contributed by atoms with E-state index in [1.807, 2.05) is 18.2 Å². The van der Waals surface area contributed by atoms with E-state index < -0.39 is 7.27 Å². The largest absolute Gasteiger partial charge is 1.00 e. The van der Waals surface area contributed by atoms with Crippen LogP contribution in [0.2, 0.25) is 0 Å². The van der Waals surface area contributed by atoms with Crippen LogP contribution in [0.3, 0.4) is 0 Å². The molecule has 0 aliphatic heterocycles. The zero-order valence-corrected chi connectivity index (χ0v) is 50.1. The molecule has 3 aromatic rings. The Bertz CT molecular complexity index is 1260. The first-order valence-electron chi connectivity index (χ1n) is 25.6. The molecule has 0 saturated heterocycles. The molecular weight excluding hydrogens is 994 g/mol. The van der Waals surface area contributed by atoms with E-state index in [9.17, 15) is 0 Å². The fourth-order valence-corrected chi connectivity index (χ4v) is 17.5. The fourth-order valence-electron chi connectivity index (χ4n) is 9.51. The number of halogens is 1. The van der Waals surface area contributed by atoms with Gasteiger partial charge in [-0.15, -0.1) is 0 Å². The molecule has 0 N–H and O–H groups in total. The van der Waals surface area contributed by atoms with Crippen LogP contribution in [0.25, 0.3) is 0 Å². The maximum absolute atomic E-state index is 6.21. The Balaban J connectivity index is -0.000000728. The second-order valence-corrected chi connectivity index (χ2v) is 28.4. The molecule has 66 heavy (non-hydrogen) atoms. The van der Waals surface area contributed by atoms with Gasteiger partial charge in [0.1, 0.15) is 0 Å². The first-order valence-corrected chi connectivity index (χ1v) is 30.9. The molecule has 6 aliphatic rings. The van der Waals surface area contributed by atoms with E-state index in [0.29, 0.717) is 5.66 Å². The monoisotopic (exact) mass is 1090 g/mol. The molecule has 3 unspecified atom stereocenters. The zero-order valence-electron chi connectivity index (χ0n) is 43.4. The number of hydrogen-bond donors (Lipinski definition) is 0. The van der Waals surface area contributed by atoms with Crippen molar-refractivity contribution in [1.29, 1.82) is 0 Å². The minimum absolute atomic E-state index is 0. The first-order chi connectivity index (χ1) is 29.8. The molecule has 3 aromatic carbocycles. The van der Waals surface area contributed by atoms with E-state index in [0.717, 1.165) is 22.6 Å². The van der Waals surface area contributed by atoms with Crippen molar-refractivity contribution >= 4 is 50.3 Å². The molecule has 0 radical (unpaired) electrons. The molecule has 9 rings (SSSR count). The molecule has 0 aromatic heterocycles. The van der Waals surface area contributed by atoms with Crippen LogP contribution in [0, 0.1) is 12.8 Å². The molecule has 6 aliphatic carbocycles. The molecule has 6 fully saturated rings. The van der Waals surface area contributed by atoms with Gasteiger partial charge in [0.15, 0.2) is 0 Å². The van der Waals surface area contributed by atoms with E-state index >= 15 is 0 Å². The van der Waals surface area contributed by atoms with Gasteiger partial charge < -0.3 is 12.8 Å². The minimum atomic E-state index is -0.462. The summed E-state index contributed by atoms with van der Waals surface area (Å²) in [6.45, 7) is 13.9. The molecule has 0 amide bonds. The van der Waals surface area contributed by atoms with Gasteiger partial charge in [-0.05, 0) is 69.9 Å². The van der Waals surface area contributed by atoms with Gasteiger partial charge in [-0.2, -0.15) is 25.7 Å². The van der Waals surface area contributed by atoms with Crippen LogP contribution >= 0.6 is 34.4 Å². The van der Waals surface area contributed by atoms with Crippen molar-refractivity contribution in [2.45, 2.75) is 237 Å². The summed E-state index contributed by atoms with van der Waals surface area (Å²) in [6, 6.07) is 32.7. The molecule has 0 bridgehead atoms. The molecule has 0 spiro atoms. The summed E-state index contributed by atoms with van der Waals surface area (Å²) in [5.41, 5.74) is 4.25. The van der Waals surface area contributed by atoms with Crippen LogP contribution in [-0.4, -0.2) is 28.3 Å². The summed E-state index contributed by atoms with van der Waals surface area (Å²) in [4.78, 5) is 0. The fraction of sp³-hybridized carbons (Fsp3) is 0.649. The quantitative estimate of drug-likeness (QED) is 0.120. The number of benzene rings is 3. The van der Waals surface area contributed by atoms with Crippen molar-refractivity contribution in [2.24, 2.45) is 0 Å². The van der Waals surface area contributed by atoms with Crippen molar-refractivity contribution in [3.63, 3.8) is 0 Å². The van der Waals surface area contributed by atoms with Crippen molar-refractivity contribution in [2.75, 3.05) is 0 Å². The van der Waals surface area contributed by atoms with E-state index in [2.05, 4.69) is 127 Å². The van der Waals surface area contributed by atoms with Gasteiger partial charge in [0.2, 0.25) is 0 Å². The van der Waals surface area contributed by atoms with E-state index in [1.54, 1.807) is 10.6 Å². The normalized spacial score (nSPS) is 18.5. The third-order valence-electron chi connectivity index (χ3n) is 12.7. The Hall–Kier alpha value is 1.99. The summed E-state index contributed by atoms with van der Waals surface area (Å²) in [5.74, 6) is 0. The van der Waals surface area contributed by atoms with Crippen molar-refractivity contribution in [3.8, 4) is 0 Å². The number of hydrogen-bond acceptors (Lipinski definition) is 0. The van der Waals surface area contributed by atoms with Crippen molar-refractivity contribution in [3.05, 3.63) is 104 Å². The van der Waals surface area contributed by atoms with Gasteiger partial charge in [-0.1, -0.05) is 275 Å². The summed E-state index contributed by atoms with van der Waals surface area (Å²) in [5, 5.41) is 4.52. The summed E-state index contributed by atoms with van der Waals surface area (Å²) in [7, 11) is -0.294. The van der Waals surface area contributed by atoms with Crippen molar-refractivity contribution in [1.82, 2.24) is 0 Å². The van der Waals surface area contributed by atoms with Crippen LogP contribution < -0.4 is 53.6 Å². The average molecular weight is 1090 g/mol. The zero-order chi connectivity index (χ0) is 43.8. The van der Waals surface area contributed by atoms with Crippen LogP contribution in [0.5, 0.6) is 0 Å². The van der Waals surface area contributed by atoms with E-state index in [-0.39, 0.29) is 105 Å². The minimum Gasteiger partial charge on any atom is -0.328 e. The third-order valence-corrected chi connectivity index (χ3v) is 22.8. The van der Waals surface area contributed by atoms with Gasteiger partial charge in [0, 0.05) is 58.5 Å². The van der Waals surface area contributed by atoms with Crippen molar-refractivity contribution < 1.29 is 88.9 Å². The van der Waals surface area contributed by atoms with Gasteiger partial charge in [-0.25, -0.2) is 0 Å². The molecule has 368 valence electrons. The number of rotatable bonds is 8. The van der Waals surface area contributed by atoms with Gasteiger partial charge in [0.25, 0.3) is 0 Å². The Morgan fingerprint density at radius 2 is 0.606 bits per heavy atom. The van der Waals surface area contributed by atoms with Crippen LogP contribution in [0.4, 0.5) is 0 Å². The predicted octanol–water partition coefficient (Wildman–Crippen LogP) is 13.1. The van der Waals surface area contributed by atoms with Gasteiger partial charge in [-0.3, -0.25) is 0 Å². The Kier molecular flexibility index (Phi) is 52.5. The smallest absolute Gasteiger partial charge is 0.328 e. The molecule has 0 heterocycles. The Morgan fingerprint density at radius 1 is 0.364 bits per heavy atom.